The molecule has 0 atom stereocenters. The molecule has 1 aliphatic rings. The second-order valence-corrected chi connectivity index (χ2v) is 8.57. The van der Waals surface area contributed by atoms with Crippen LogP contribution in [-0.2, 0) is 14.3 Å². The van der Waals surface area contributed by atoms with Crippen LogP contribution in [0.25, 0.3) is 0 Å². The Bertz CT molecular complexity index is 1460. The number of Topliss-reactive ketones (excluding diaryl/α,β-unsaturated/α-hetero) is 1. The minimum Gasteiger partial charge on any atom is -0.462 e. The van der Waals surface area contributed by atoms with Crippen molar-refractivity contribution in [1.29, 1.82) is 0 Å². The topological polar surface area (TPSA) is 122 Å². The molecule has 0 aliphatic carbocycles. The first-order chi connectivity index (χ1) is 18.2. The van der Waals surface area contributed by atoms with Gasteiger partial charge in [0, 0.05) is 22.5 Å². The van der Waals surface area contributed by atoms with Crippen LogP contribution in [0.5, 0.6) is 0 Å². The Kier molecular flexibility index (Phi) is 7.68. The van der Waals surface area contributed by atoms with Gasteiger partial charge in [-0.2, -0.15) is 0 Å². The Morgan fingerprint density at radius 3 is 1.92 bits per heavy atom. The number of carbonyl (C=O) groups excluding carboxylic acids is 5. The molecule has 0 radical (unpaired) electrons. The molecule has 1 heterocycles. The van der Waals surface area contributed by atoms with Gasteiger partial charge in [-0.1, -0.05) is 11.6 Å². The van der Waals surface area contributed by atoms with Crippen LogP contribution in [-0.4, -0.2) is 36.1 Å². The lowest BCUT2D eigenvalue weighted by Gasteiger charge is -2.15. The summed E-state index contributed by atoms with van der Waals surface area (Å²) in [5, 5.41) is 5.30. The van der Waals surface area contributed by atoms with Gasteiger partial charge < -0.3 is 15.4 Å². The number of nitrogens with zero attached hydrogens (tertiary/aromatic N) is 1. The average Bonchev–Trinajstić information content (AvgIpc) is 3.12. The zero-order chi connectivity index (χ0) is 27.4. The maximum atomic E-state index is 13.0. The molecule has 192 valence electrons. The predicted molar refractivity (Wildman–Crippen MR) is 142 cm³/mol. The molecule has 4 rings (SSSR count). The maximum absolute atomic E-state index is 13.0. The van der Waals surface area contributed by atoms with Gasteiger partial charge in [-0.25, -0.2) is 9.69 Å². The number of anilines is 3. The lowest BCUT2D eigenvalue weighted by atomic mass is 10.1. The second kappa shape index (κ2) is 11.1. The number of rotatable bonds is 8. The Labute approximate surface area is 223 Å². The van der Waals surface area contributed by atoms with E-state index in [4.69, 9.17) is 16.3 Å². The van der Waals surface area contributed by atoms with Crippen LogP contribution in [0.3, 0.4) is 0 Å². The molecule has 0 fully saturated rings. The Morgan fingerprint density at radius 1 is 0.789 bits per heavy atom. The lowest BCUT2D eigenvalue weighted by molar-refractivity contribution is -0.120. The van der Waals surface area contributed by atoms with Crippen LogP contribution >= 0.6 is 11.6 Å². The van der Waals surface area contributed by atoms with Gasteiger partial charge in [-0.05, 0) is 86.6 Å². The Hall–Kier alpha value is -4.76. The van der Waals surface area contributed by atoms with Gasteiger partial charge in [-0.3, -0.25) is 19.2 Å². The standard InChI is InChI=1S/C28H22ClN3O6/c1-3-38-28(37)19-8-14-22(15-9-19)32-26(35)23(29)24(27(32)36)30-20-12-6-18(7-13-20)25(34)31-21-10-4-17(5-11-21)16(2)33/h4-15,30H,3H2,1-2H3,(H,31,34). The van der Waals surface area contributed by atoms with E-state index in [1.165, 1.54) is 31.2 Å². The molecule has 0 spiro atoms. The average molecular weight is 532 g/mol. The normalized spacial score (nSPS) is 13.0. The third-order valence-corrected chi connectivity index (χ3v) is 5.98. The molecule has 3 aromatic carbocycles. The molecule has 0 saturated heterocycles. The number of hydrogen-bond donors (Lipinski definition) is 2. The van der Waals surface area contributed by atoms with E-state index >= 15 is 0 Å². The maximum Gasteiger partial charge on any atom is 0.338 e. The number of halogens is 1. The summed E-state index contributed by atoms with van der Waals surface area (Å²) in [5.74, 6) is -2.33. The van der Waals surface area contributed by atoms with Gasteiger partial charge >= 0.3 is 5.97 Å². The summed E-state index contributed by atoms with van der Waals surface area (Å²) in [4.78, 5) is 62.5. The van der Waals surface area contributed by atoms with Gasteiger partial charge in [0.05, 0.1) is 17.9 Å². The van der Waals surface area contributed by atoms with Crippen LogP contribution < -0.4 is 15.5 Å². The highest BCUT2D eigenvalue weighted by atomic mass is 35.5. The van der Waals surface area contributed by atoms with Crippen molar-refractivity contribution in [2.75, 3.05) is 22.1 Å². The van der Waals surface area contributed by atoms with Crippen LogP contribution in [0.4, 0.5) is 17.1 Å². The molecule has 38 heavy (non-hydrogen) atoms. The van der Waals surface area contributed by atoms with Crippen molar-refractivity contribution in [2.45, 2.75) is 13.8 Å². The number of ether oxygens (including phenoxy) is 1. The van der Waals surface area contributed by atoms with Crippen LogP contribution in [0.2, 0.25) is 0 Å². The van der Waals surface area contributed by atoms with Crippen molar-refractivity contribution in [3.63, 3.8) is 0 Å². The van der Waals surface area contributed by atoms with Gasteiger partial charge in [0.25, 0.3) is 17.7 Å². The fourth-order valence-electron chi connectivity index (χ4n) is 3.65. The molecule has 3 aromatic rings. The SMILES string of the molecule is CCOC(=O)c1ccc(N2C(=O)C(Cl)=C(Nc3ccc(C(=O)Nc4ccc(C(C)=O)cc4)cc3)C2=O)cc1. The summed E-state index contributed by atoms with van der Waals surface area (Å²) in [6, 6.07) is 18.6. The smallest absolute Gasteiger partial charge is 0.338 e. The van der Waals surface area contributed by atoms with Crippen LogP contribution in [0.1, 0.15) is 44.9 Å². The van der Waals surface area contributed by atoms with E-state index in [-0.39, 0.29) is 40.3 Å². The van der Waals surface area contributed by atoms with Crippen LogP contribution in [0, 0.1) is 0 Å². The molecule has 3 amide bonds. The number of imide groups is 1. The third-order valence-electron chi connectivity index (χ3n) is 5.63. The van der Waals surface area contributed by atoms with E-state index in [1.807, 2.05) is 0 Å². The lowest BCUT2D eigenvalue weighted by Crippen LogP contribution is -2.32. The first-order valence-corrected chi connectivity index (χ1v) is 11.9. The fraction of sp³-hybridized carbons (Fsp3) is 0.107. The summed E-state index contributed by atoms with van der Waals surface area (Å²) in [6.07, 6.45) is 0. The van der Waals surface area contributed by atoms with Crippen molar-refractivity contribution in [1.82, 2.24) is 0 Å². The van der Waals surface area contributed by atoms with E-state index in [9.17, 15) is 24.0 Å². The zero-order valence-corrected chi connectivity index (χ0v) is 21.2. The zero-order valence-electron chi connectivity index (χ0n) is 20.4. The highest BCUT2D eigenvalue weighted by Gasteiger charge is 2.39. The largest absolute Gasteiger partial charge is 0.462 e. The number of amides is 3. The highest BCUT2D eigenvalue weighted by molar-refractivity contribution is 6.53. The van der Waals surface area contributed by atoms with Crippen molar-refractivity contribution < 1.29 is 28.7 Å². The minimum atomic E-state index is -0.713. The fourth-order valence-corrected chi connectivity index (χ4v) is 3.86. The molecule has 0 aromatic heterocycles. The number of ketones is 1. The number of carbonyl (C=O) groups is 5. The quantitative estimate of drug-likeness (QED) is 0.244. The molecule has 1 aliphatic heterocycles. The van der Waals surface area contributed by atoms with E-state index in [2.05, 4.69) is 10.6 Å². The predicted octanol–water partition coefficient (Wildman–Crippen LogP) is 4.75. The molecule has 0 unspecified atom stereocenters. The van der Waals surface area contributed by atoms with Crippen molar-refractivity contribution in [2.24, 2.45) is 0 Å². The van der Waals surface area contributed by atoms with E-state index in [1.54, 1.807) is 55.5 Å². The molecule has 2 N–H and O–H groups in total. The van der Waals surface area contributed by atoms with Gasteiger partial charge in [-0.15, -0.1) is 0 Å². The summed E-state index contributed by atoms with van der Waals surface area (Å²) in [6.45, 7) is 3.37. The monoisotopic (exact) mass is 531 g/mol. The van der Waals surface area contributed by atoms with Crippen LogP contribution in [0.15, 0.2) is 83.5 Å². The molecule has 0 bridgehead atoms. The first-order valence-electron chi connectivity index (χ1n) is 11.5. The summed E-state index contributed by atoms with van der Waals surface area (Å²) in [7, 11) is 0. The number of benzene rings is 3. The van der Waals surface area contributed by atoms with Gasteiger partial charge in [0.2, 0.25) is 0 Å². The summed E-state index contributed by atoms with van der Waals surface area (Å²) in [5.41, 5.74) is 2.26. The third kappa shape index (κ3) is 5.47. The summed E-state index contributed by atoms with van der Waals surface area (Å²) >= 11 is 6.19. The Balaban J connectivity index is 1.43. The first kappa shape index (κ1) is 26.3. The van der Waals surface area contributed by atoms with Gasteiger partial charge in [0.15, 0.2) is 5.78 Å². The van der Waals surface area contributed by atoms with Crippen molar-refractivity contribution in [3.05, 3.63) is 100 Å². The molecule has 9 nitrogen and oxygen atoms in total. The second-order valence-electron chi connectivity index (χ2n) is 8.19. The molecular weight excluding hydrogens is 510 g/mol. The highest BCUT2D eigenvalue weighted by Crippen LogP contribution is 2.30. The summed E-state index contributed by atoms with van der Waals surface area (Å²) < 4.78 is 4.94. The Morgan fingerprint density at radius 2 is 1.34 bits per heavy atom. The van der Waals surface area contributed by atoms with E-state index in [0.717, 1.165) is 4.90 Å². The number of nitrogens with one attached hydrogen (secondary N) is 2. The van der Waals surface area contributed by atoms with E-state index < -0.39 is 17.8 Å². The van der Waals surface area contributed by atoms with E-state index in [0.29, 0.717) is 22.5 Å². The minimum absolute atomic E-state index is 0.0707. The number of hydrogen-bond acceptors (Lipinski definition) is 7. The number of esters is 1. The van der Waals surface area contributed by atoms with Gasteiger partial charge in [0.1, 0.15) is 10.7 Å². The molecule has 10 heteroatoms. The molecular formula is C28H22ClN3O6. The van der Waals surface area contributed by atoms with Crippen molar-refractivity contribution in [3.8, 4) is 0 Å². The molecule has 0 saturated carbocycles. The van der Waals surface area contributed by atoms with Crippen molar-refractivity contribution >= 4 is 58.1 Å².